The molecule has 1 saturated heterocycles. The number of hydrogen-bond donors (Lipinski definition) is 1. The molecule has 20 heavy (non-hydrogen) atoms. The van der Waals surface area contributed by atoms with Gasteiger partial charge in [0.1, 0.15) is 11.6 Å². The maximum absolute atomic E-state index is 12.0. The Morgan fingerprint density at radius 2 is 2.05 bits per heavy atom. The second kappa shape index (κ2) is 6.64. The average molecular weight is 293 g/mol. The van der Waals surface area contributed by atoms with Crippen LogP contribution in [0.5, 0.6) is 0 Å². The zero-order valence-electron chi connectivity index (χ0n) is 12.4. The summed E-state index contributed by atoms with van der Waals surface area (Å²) in [6.45, 7) is 5.71. The number of carbonyl (C=O) groups is 1. The maximum atomic E-state index is 12.0. The van der Waals surface area contributed by atoms with Crippen LogP contribution in [0.3, 0.4) is 0 Å². The minimum Gasteiger partial charge on any atom is -0.459 e. The molecular formula is C16H23NO2S. The second-order valence-corrected chi connectivity index (χ2v) is 7.33. The van der Waals surface area contributed by atoms with Crippen LogP contribution >= 0.6 is 11.8 Å². The first kappa shape index (κ1) is 15.4. The van der Waals surface area contributed by atoms with Gasteiger partial charge in [-0.15, -0.1) is 11.8 Å². The lowest BCUT2D eigenvalue weighted by Gasteiger charge is -2.22. The summed E-state index contributed by atoms with van der Waals surface area (Å²) in [5, 5.41) is 3.71. The summed E-state index contributed by atoms with van der Waals surface area (Å²) in [6.07, 6.45) is 2.07. The molecule has 1 aromatic carbocycles. The third-order valence-corrected chi connectivity index (χ3v) is 4.38. The summed E-state index contributed by atoms with van der Waals surface area (Å²) < 4.78 is 5.42. The molecule has 0 amide bonds. The van der Waals surface area contributed by atoms with Gasteiger partial charge in [-0.05, 0) is 39.2 Å². The highest BCUT2D eigenvalue weighted by atomic mass is 32.2. The molecule has 110 valence electrons. The molecule has 1 N–H and O–H groups in total. The number of rotatable bonds is 4. The highest BCUT2D eigenvalue weighted by molar-refractivity contribution is 8.00. The standard InChI is InChI=1S/C16H23NO2S/c1-16(2,3)19-15(18)13-11-20-14(17-13)10-9-12-7-5-4-6-8-12/h4-8,13-14,17H,9-11H2,1-3H3. The number of esters is 1. The van der Waals surface area contributed by atoms with E-state index in [4.69, 9.17) is 4.74 Å². The fraction of sp³-hybridized carbons (Fsp3) is 0.562. The molecule has 1 fully saturated rings. The van der Waals surface area contributed by atoms with Crippen molar-refractivity contribution in [1.82, 2.24) is 5.32 Å². The zero-order valence-corrected chi connectivity index (χ0v) is 13.2. The molecule has 0 aliphatic carbocycles. The van der Waals surface area contributed by atoms with Crippen LogP contribution in [-0.4, -0.2) is 28.7 Å². The fourth-order valence-electron chi connectivity index (χ4n) is 2.15. The highest BCUT2D eigenvalue weighted by Gasteiger charge is 2.32. The Kier molecular flexibility index (Phi) is 5.11. The van der Waals surface area contributed by atoms with Crippen LogP contribution in [0.25, 0.3) is 0 Å². The summed E-state index contributed by atoms with van der Waals surface area (Å²) >= 11 is 1.81. The van der Waals surface area contributed by atoms with E-state index < -0.39 is 5.60 Å². The zero-order chi connectivity index (χ0) is 14.6. The smallest absolute Gasteiger partial charge is 0.324 e. The van der Waals surface area contributed by atoms with Crippen molar-refractivity contribution < 1.29 is 9.53 Å². The molecule has 2 rings (SSSR count). The third kappa shape index (κ3) is 4.84. The van der Waals surface area contributed by atoms with Crippen LogP contribution in [0.4, 0.5) is 0 Å². The van der Waals surface area contributed by atoms with Crippen molar-refractivity contribution in [2.24, 2.45) is 0 Å². The van der Waals surface area contributed by atoms with Crippen molar-refractivity contribution >= 4 is 17.7 Å². The Bertz CT molecular complexity index is 442. The van der Waals surface area contributed by atoms with Gasteiger partial charge in [-0.25, -0.2) is 0 Å². The van der Waals surface area contributed by atoms with E-state index in [0.29, 0.717) is 5.37 Å². The summed E-state index contributed by atoms with van der Waals surface area (Å²) in [7, 11) is 0. The number of thioether (sulfide) groups is 1. The molecule has 0 bridgehead atoms. The molecule has 1 aromatic rings. The van der Waals surface area contributed by atoms with E-state index in [1.807, 2.05) is 38.6 Å². The number of carbonyl (C=O) groups excluding carboxylic acids is 1. The van der Waals surface area contributed by atoms with Crippen molar-refractivity contribution in [3.8, 4) is 0 Å². The predicted octanol–water partition coefficient (Wildman–Crippen LogP) is 2.99. The van der Waals surface area contributed by atoms with E-state index in [1.54, 1.807) is 0 Å². The number of aryl methyl sites for hydroxylation is 1. The largest absolute Gasteiger partial charge is 0.459 e. The lowest BCUT2D eigenvalue weighted by Crippen LogP contribution is -2.41. The predicted molar refractivity (Wildman–Crippen MR) is 83.8 cm³/mol. The van der Waals surface area contributed by atoms with Gasteiger partial charge < -0.3 is 4.74 Å². The quantitative estimate of drug-likeness (QED) is 0.866. The summed E-state index contributed by atoms with van der Waals surface area (Å²) in [5.41, 5.74) is 0.932. The van der Waals surface area contributed by atoms with E-state index in [2.05, 4.69) is 29.6 Å². The number of ether oxygens (including phenoxy) is 1. The third-order valence-electron chi connectivity index (χ3n) is 3.08. The minimum absolute atomic E-state index is 0.132. The summed E-state index contributed by atoms with van der Waals surface area (Å²) in [4.78, 5) is 12.0. The van der Waals surface area contributed by atoms with Gasteiger partial charge in [-0.2, -0.15) is 0 Å². The first-order chi connectivity index (χ1) is 9.44. The lowest BCUT2D eigenvalue weighted by atomic mass is 10.1. The molecule has 2 unspecified atom stereocenters. The summed E-state index contributed by atoms with van der Waals surface area (Å²) in [6, 6.07) is 10.3. The van der Waals surface area contributed by atoms with Gasteiger partial charge >= 0.3 is 5.97 Å². The van der Waals surface area contributed by atoms with Gasteiger partial charge in [0, 0.05) is 5.75 Å². The monoisotopic (exact) mass is 293 g/mol. The normalized spacial score (nSPS) is 22.8. The molecule has 1 aliphatic rings. The Hall–Kier alpha value is -1.00. The Labute approximate surface area is 125 Å². The summed E-state index contributed by atoms with van der Waals surface area (Å²) in [5.74, 6) is 0.668. The van der Waals surface area contributed by atoms with Crippen molar-refractivity contribution in [3.05, 3.63) is 35.9 Å². The molecule has 0 saturated carbocycles. The van der Waals surface area contributed by atoms with E-state index in [9.17, 15) is 4.79 Å². The first-order valence-corrected chi connectivity index (χ1v) is 8.13. The second-order valence-electron chi connectivity index (χ2n) is 6.10. The lowest BCUT2D eigenvalue weighted by molar-refractivity contribution is -0.156. The molecule has 0 radical (unpaired) electrons. The van der Waals surface area contributed by atoms with Crippen LogP contribution in [0.1, 0.15) is 32.8 Å². The number of hydrogen-bond acceptors (Lipinski definition) is 4. The number of benzene rings is 1. The van der Waals surface area contributed by atoms with Gasteiger partial charge in [0.2, 0.25) is 0 Å². The van der Waals surface area contributed by atoms with Crippen LogP contribution in [0.2, 0.25) is 0 Å². The van der Waals surface area contributed by atoms with Crippen molar-refractivity contribution in [2.45, 2.75) is 50.6 Å². The van der Waals surface area contributed by atoms with Crippen LogP contribution < -0.4 is 5.32 Å². The molecule has 2 atom stereocenters. The Morgan fingerprint density at radius 1 is 1.35 bits per heavy atom. The molecule has 0 spiro atoms. The minimum atomic E-state index is -0.411. The molecule has 3 nitrogen and oxygen atoms in total. The Morgan fingerprint density at radius 3 is 2.70 bits per heavy atom. The highest BCUT2D eigenvalue weighted by Crippen LogP contribution is 2.24. The molecule has 1 aliphatic heterocycles. The molecule has 1 heterocycles. The van der Waals surface area contributed by atoms with Crippen LogP contribution in [0, 0.1) is 0 Å². The van der Waals surface area contributed by atoms with Crippen LogP contribution in [0.15, 0.2) is 30.3 Å². The van der Waals surface area contributed by atoms with E-state index in [1.165, 1.54) is 5.56 Å². The SMILES string of the molecule is CC(C)(C)OC(=O)C1CSC(CCc2ccccc2)N1. The van der Waals surface area contributed by atoms with Gasteiger partial charge in [-0.3, -0.25) is 10.1 Å². The fourth-order valence-corrected chi connectivity index (χ4v) is 3.35. The molecule has 0 aromatic heterocycles. The molecular weight excluding hydrogens is 270 g/mol. The van der Waals surface area contributed by atoms with Gasteiger partial charge in [-0.1, -0.05) is 30.3 Å². The van der Waals surface area contributed by atoms with E-state index >= 15 is 0 Å². The van der Waals surface area contributed by atoms with Gasteiger partial charge in [0.05, 0.1) is 5.37 Å². The van der Waals surface area contributed by atoms with Crippen LogP contribution in [-0.2, 0) is 16.0 Å². The van der Waals surface area contributed by atoms with Crippen molar-refractivity contribution in [2.75, 3.05) is 5.75 Å². The van der Waals surface area contributed by atoms with Crippen molar-refractivity contribution in [1.29, 1.82) is 0 Å². The number of nitrogens with one attached hydrogen (secondary N) is 1. The molecule has 4 heteroatoms. The first-order valence-electron chi connectivity index (χ1n) is 7.08. The van der Waals surface area contributed by atoms with E-state index in [-0.39, 0.29) is 12.0 Å². The average Bonchev–Trinajstić information content (AvgIpc) is 2.84. The topological polar surface area (TPSA) is 38.3 Å². The van der Waals surface area contributed by atoms with Crippen molar-refractivity contribution in [3.63, 3.8) is 0 Å². The maximum Gasteiger partial charge on any atom is 0.324 e. The Balaban J connectivity index is 1.76. The van der Waals surface area contributed by atoms with Gasteiger partial charge in [0.15, 0.2) is 0 Å². The van der Waals surface area contributed by atoms with Gasteiger partial charge in [0.25, 0.3) is 0 Å². The van der Waals surface area contributed by atoms with E-state index in [0.717, 1.165) is 18.6 Å².